The molecule has 7 heteroatoms. The average molecular weight is 481 g/mol. The van der Waals surface area contributed by atoms with Crippen LogP contribution in [-0.4, -0.2) is 43.3 Å². The summed E-state index contributed by atoms with van der Waals surface area (Å²) in [6.45, 7) is 2.13. The quantitative estimate of drug-likeness (QED) is 0.441. The largest absolute Gasteiger partial charge is 0.493 e. The Balaban J connectivity index is 1.75. The second kappa shape index (κ2) is 11.0. The van der Waals surface area contributed by atoms with E-state index in [0.29, 0.717) is 22.2 Å². The molecule has 0 spiro atoms. The lowest BCUT2D eigenvalue weighted by Crippen LogP contribution is -2.40. The van der Waals surface area contributed by atoms with E-state index in [-0.39, 0.29) is 11.9 Å². The van der Waals surface area contributed by atoms with Crippen molar-refractivity contribution in [3.05, 3.63) is 52.4 Å². The van der Waals surface area contributed by atoms with Gasteiger partial charge in [0.1, 0.15) is 0 Å². The number of carbonyl (C=O) groups excluding carboxylic acids is 1. The highest BCUT2D eigenvalue weighted by Crippen LogP contribution is 2.42. The third-order valence-electron chi connectivity index (χ3n) is 6.35. The average Bonchev–Trinajstić information content (AvgIpc) is 3.18. The standard InChI is InChI=1S/C27H32N2O4S/c1-5-19-11-9-10-14-21(19)28-27-29(20-12-7-6-8-13-20)26(30)24(34-27)17-18-15-22(31-2)25(33-4)23(16-18)32-3/h9-11,14-17,20H,5-8,12-13H2,1-4H3/b24-17+,28-27?. The number of thioether (sulfide) groups is 1. The number of aryl methyl sites for hydroxylation is 1. The number of hydrogen-bond donors (Lipinski definition) is 0. The fraction of sp³-hybridized carbons (Fsp3) is 0.407. The Morgan fingerprint density at radius 1 is 1.03 bits per heavy atom. The van der Waals surface area contributed by atoms with E-state index in [1.807, 2.05) is 41.3 Å². The second-order valence-corrected chi connectivity index (χ2v) is 9.42. The molecule has 0 N–H and O–H groups in total. The minimum absolute atomic E-state index is 0.0124. The van der Waals surface area contributed by atoms with Gasteiger partial charge in [-0.2, -0.15) is 0 Å². The Morgan fingerprint density at radius 2 is 1.71 bits per heavy atom. The molecule has 1 aliphatic carbocycles. The van der Waals surface area contributed by atoms with E-state index >= 15 is 0 Å². The summed E-state index contributed by atoms with van der Waals surface area (Å²) < 4.78 is 16.4. The smallest absolute Gasteiger partial charge is 0.267 e. The van der Waals surface area contributed by atoms with Gasteiger partial charge in [0, 0.05) is 6.04 Å². The van der Waals surface area contributed by atoms with Crippen LogP contribution >= 0.6 is 11.8 Å². The Kier molecular flexibility index (Phi) is 7.83. The molecule has 2 aromatic rings. The van der Waals surface area contributed by atoms with Gasteiger partial charge >= 0.3 is 0 Å². The van der Waals surface area contributed by atoms with E-state index < -0.39 is 0 Å². The monoisotopic (exact) mass is 480 g/mol. The summed E-state index contributed by atoms with van der Waals surface area (Å²) in [6, 6.07) is 12.0. The first-order valence-corrected chi connectivity index (χ1v) is 12.6. The zero-order chi connectivity index (χ0) is 24.1. The number of para-hydroxylation sites is 1. The maximum Gasteiger partial charge on any atom is 0.267 e. The summed E-state index contributed by atoms with van der Waals surface area (Å²) in [6.07, 6.45) is 8.32. The van der Waals surface area contributed by atoms with E-state index in [2.05, 4.69) is 13.0 Å². The molecule has 0 bridgehead atoms. The number of ether oxygens (including phenoxy) is 3. The number of carbonyl (C=O) groups is 1. The third-order valence-corrected chi connectivity index (χ3v) is 7.33. The number of hydrogen-bond acceptors (Lipinski definition) is 6. The molecule has 0 aromatic heterocycles. The van der Waals surface area contributed by atoms with Crippen molar-refractivity contribution in [2.75, 3.05) is 21.3 Å². The van der Waals surface area contributed by atoms with Crippen LogP contribution in [0.1, 0.15) is 50.2 Å². The Bertz CT molecular complexity index is 1080. The summed E-state index contributed by atoms with van der Waals surface area (Å²) in [5.74, 6) is 1.65. The number of amides is 1. The van der Waals surface area contributed by atoms with Crippen molar-refractivity contribution in [3.63, 3.8) is 0 Å². The molecule has 2 aromatic carbocycles. The normalized spacial score (nSPS) is 19.2. The summed E-state index contributed by atoms with van der Waals surface area (Å²) in [4.78, 5) is 21.2. The van der Waals surface area contributed by atoms with Gasteiger partial charge in [-0.15, -0.1) is 0 Å². The van der Waals surface area contributed by atoms with Gasteiger partial charge < -0.3 is 14.2 Å². The van der Waals surface area contributed by atoms with Crippen LogP contribution in [0.25, 0.3) is 6.08 Å². The number of nitrogens with zero attached hydrogens (tertiary/aromatic N) is 2. The lowest BCUT2D eigenvalue weighted by molar-refractivity contribution is -0.124. The summed E-state index contributed by atoms with van der Waals surface area (Å²) in [5, 5.41) is 0.761. The molecule has 1 saturated carbocycles. The summed E-state index contributed by atoms with van der Waals surface area (Å²) in [5.41, 5.74) is 2.91. The van der Waals surface area contributed by atoms with Crippen LogP contribution in [0.5, 0.6) is 17.2 Å². The highest BCUT2D eigenvalue weighted by atomic mass is 32.2. The molecule has 2 aliphatic rings. The van der Waals surface area contributed by atoms with Gasteiger partial charge in [0.05, 0.1) is 31.9 Å². The van der Waals surface area contributed by atoms with E-state index in [9.17, 15) is 4.79 Å². The first-order chi connectivity index (χ1) is 16.6. The summed E-state index contributed by atoms with van der Waals surface area (Å²) >= 11 is 1.44. The first kappa shape index (κ1) is 24.2. The van der Waals surface area contributed by atoms with Gasteiger partial charge in [-0.25, -0.2) is 4.99 Å². The Hall–Kier alpha value is -2.93. The predicted octanol–water partition coefficient (Wildman–Crippen LogP) is 6.21. The molecule has 0 radical (unpaired) electrons. The van der Waals surface area contributed by atoms with Crippen LogP contribution in [-0.2, 0) is 11.2 Å². The van der Waals surface area contributed by atoms with Crippen molar-refractivity contribution in [2.45, 2.75) is 51.5 Å². The number of rotatable bonds is 7. The van der Waals surface area contributed by atoms with Gasteiger partial charge in [0.15, 0.2) is 16.7 Å². The number of aliphatic imine (C=N–C) groups is 1. The van der Waals surface area contributed by atoms with Gasteiger partial charge in [-0.05, 0) is 66.4 Å². The van der Waals surface area contributed by atoms with Crippen LogP contribution < -0.4 is 14.2 Å². The van der Waals surface area contributed by atoms with Crippen LogP contribution in [0.3, 0.4) is 0 Å². The minimum Gasteiger partial charge on any atom is -0.493 e. The van der Waals surface area contributed by atoms with Crippen molar-refractivity contribution in [2.24, 2.45) is 4.99 Å². The van der Waals surface area contributed by atoms with Gasteiger partial charge in [-0.3, -0.25) is 9.69 Å². The SMILES string of the molecule is CCc1ccccc1N=C1S/C(=C/c2cc(OC)c(OC)c(OC)c2)C(=O)N1C1CCCCC1. The molecule has 1 saturated heterocycles. The molecule has 6 nitrogen and oxygen atoms in total. The Morgan fingerprint density at radius 3 is 2.32 bits per heavy atom. The second-order valence-electron chi connectivity index (χ2n) is 8.41. The molecule has 0 atom stereocenters. The highest BCUT2D eigenvalue weighted by molar-refractivity contribution is 8.18. The van der Waals surface area contributed by atoms with Gasteiger partial charge in [0.25, 0.3) is 5.91 Å². The van der Waals surface area contributed by atoms with Crippen LogP contribution in [0.2, 0.25) is 0 Å². The lowest BCUT2D eigenvalue weighted by Gasteiger charge is -2.30. The molecule has 180 valence electrons. The maximum atomic E-state index is 13.7. The number of methoxy groups -OCH3 is 3. The molecule has 0 unspecified atom stereocenters. The van der Waals surface area contributed by atoms with Crippen molar-refractivity contribution >= 4 is 34.6 Å². The maximum absolute atomic E-state index is 13.7. The van der Waals surface area contributed by atoms with E-state index in [4.69, 9.17) is 19.2 Å². The molecule has 2 fully saturated rings. The van der Waals surface area contributed by atoms with E-state index in [0.717, 1.165) is 48.5 Å². The van der Waals surface area contributed by atoms with Crippen molar-refractivity contribution in [3.8, 4) is 17.2 Å². The van der Waals surface area contributed by atoms with Crippen LogP contribution in [0, 0.1) is 0 Å². The molecule has 1 aliphatic heterocycles. The molecule has 1 amide bonds. The first-order valence-electron chi connectivity index (χ1n) is 11.8. The van der Waals surface area contributed by atoms with Gasteiger partial charge in [0.2, 0.25) is 5.75 Å². The third kappa shape index (κ3) is 4.94. The van der Waals surface area contributed by atoms with Crippen molar-refractivity contribution in [1.29, 1.82) is 0 Å². The van der Waals surface area contributed by atoms with E-state index in [1.54, 1.807) is 21.3 Å². The topological polar surface area (TPSA) is 60.4 Å². The summed E-state index contributed by atoms with van der Waals surface area (Å²) in [7, 11) is 4.75. The fourth-order valence-corrected chi connectivity index (χ4v) is 5.64. The predicted molar refractivity (Wildman–Crippen MR) is 138 cm³/mol. The van der Waals surface area contributed by atoms with Crippen molar-refractivity contribution < 1.29 is 19.0 Å². The highest BCUT2D eigenvalue weighted by Gasteiger charge is 2.38. The number of benzene rings is 2. The van der Waals surface area contributed by atoms with Crippen LogP contribution in [0.15, 0.2) is 46.3 Å². The molecular formula is C27H32N2O4S. The minimum atomic E-state index is 0.0124. The van der Waals surface area contributed by atoms with Crippen LogP contribution in [0.4, 0.5) is 5.69 Å². The molecule has 34 heavy (non-hydrogen) atoms. The molecule has 4 rings (SSSR count). The lowest BCUT2D eigenvalue weighted by atomic mass is 9.94. The number of amidine groups is 1. The molecular weight excluding hydrogens is 448 g/mol. The zero-order valence-electron chi connectivity index (χ0n) is 20.3. The zero-order valence-corrected chi connectivity index (χ0v) is 21.1. The fourth-order valence-electron chi connectivity index (χ4n) is 4.58. The van der Waals surface area contributed by atoms with Crippen molar-refractivity contribution in [1.82, 2.24) is 4.90 Å². The van der Waals surface area contributed by atoms with E-state index in [1.165, 1.54) is 23.7 Å². The molecule has 1 heterocycles. The Labute approximate surface area is 206 Å². The van der Waals surface area contributed by atoms with Gasteiger partial charge in [-0.1, -0.05) is 44.4 Å².